The van der Waals surface area contributed by atoms with Gasteiger partial charge in [-0.2, -0.15) is 0 Å². The van der Waals surface area contributed by atoms with E-state index >= 15 is 0 Å². The number of methoxy groups -OCH3 is 1. The van der Waals surface area contributed by atoms with Gasteiger partial charge in [0.1, 0.15) is 5.75 Å². The molecule has 2 aromatic rings. The molecule has 1 N–H and O–H groups in total. The minimum absolute atomic E-state index is 0.187. The first-order valence-corrected chi connectivity index (χ1v) is 8.39. The summed E-state index contributed by atoms with van der Waals surface area (Å²) < 4.78 is 5.29. The molecule has 130 valence electrons. The Morgan fingerprint density at radius 1 is 1.20 bits per heavy atom. The van der Waals surface area contributed by atoms with E-state index in [1.165, 1.54) is 0 Å². The number of carbonyl (C=O) groups is 2. The molecule has 0 aliphatic carbocycles. The van der Waals surface area contributed by atoms with Crippen LogP contribution in [0.1, 0.15) is 34.3 Å². The Bertz CT molecular complexity index is 784. The second-order valence-electron chi connectivity index (χ2n) is 6.27. The number of rotatable bonds is 5. The summed E-state index contributed by atoms with van der Waals surface area (Å²) in [6, 6.07) is 13.0. The van der Waals surface area contributed by atoms with E-state index in [-0.39, 0.29) is 11.8 Å². The number of carbonyl (C=O) groups excluding carboxylic acids is 2. The molecule has 0 radical (unpaired) electrons. The minimum Gasteiger partial charge on any atom is -0.495 e. The highest BCUT2D eigenvalue weighted by Gasteiger charge is 2.20. The van der Waals surface area contributed by atoms with Gasteiger partial charge in [0.05, 0.1) is 12.8 Å². The maximum Gasteiger partial charge on any atom is 0.255 e. The van der Waals surface area contributed by atoms with Crippen molar-refractivity contribution in [2.24, 2.45) is 0 Å². The molecule has 0 spiro atoms. The van der Waals surface area contributed by atoms with Gasteiger partial charge in [0.15, 0.2) is 0 Å². The second-order valence-corrected chi connectivity index (χ2v) is 6.27. The summed E-state index contributed by atoms with van der Waals surface area (Å²) in [4.78, 5) is 26.0. The van der Waals surface area contributed by atoms with Gasteiger partial charge in [-0.1, -0.05) is 18.2 Å². The van der Waals surface area contributed by atoms with Gasteiger partial charge in [-0.05, 0) is 48.7 Å². The van der Waals surface area contributed by atoms with Crippen LogP contribution in [0.3, 0.4) is 0 Å². The van der Waals surface area contributed by atoms with E-state index < -0.39 is 0 Å². The van der Waals surface area contributed by atoms with Crippen LogP contribution in [0.5, 0.6) is 5.75 Å². The third-order valence-corrected chi connectivity index (χ3v) is 4.36. The van der Waals surface area contributed by atoms with Crippen LogP contribution in [-0.2, 0) is 11.3 Å². The number of hydrogen-bond acceptors (Lipinski definition) is 3. The lowest BCUT2D eigenvalue weighted by Gasteiger charge is -2.15. The highest BCUT2D eigenvalue weighted by Crippen LogP contribution is 2.25. The molecule has 1 aliphatic rings. The molecule has 3 rings (SSSR count). The largest absolute Gasteiger partial charge is 0.495 e. The Labute approximate surface area is 147 Å². The maximum atomic E-state index is 12.5. The molecule has 5 heteroatoms. The molecule has 1 heterocycles. The van der Waals surface area contributed by atoms with Crippen LogP contribution in [0.2, 0.25) is 0 Å². The van der Waals surface area contributed by atoms with Crippen LogP contribution in [0, 0.1) is 6.92 Å². The molecular formula is C20H22N2O3. The molecular weight excluding hydrogens is 316 g/mol. The van der Waals surface area contributed by atoms with Crippen molar-refractivity contribution >= 4 is 17.5 Å². The zero-order valence-corrected chi connectivity index (χ0v) is 14.5. The Balaban J connectivity index is 1.68. The lowest BCUT2D eigenvalue weighted by molar-refractivity contribution is -0.128. The average molecular weight is 338 g/mol. The molecule has 1 saturated heterocycles. The smallest absolute Gasteiger partial charge is 0.255 e. The van der Waals surface area contributed by atoms with Gasteiger partial charge >= 0.3 is 0 Å². The molecule has 0 saturated carbocycles. The molecule has 2 aromatic carbocycles. The van der Waals surface area contributed by atoms with Crippen molar-refractivity contribution in [2.45, 2.75) is 26.3 Å². The van der Waals surface area contributed by atoms with Gasteiger partial charge in [-0.15, -0.1) is 0 Å². The van der Waals surface area contributed by atoms with Crippen LogP contribution in [0.25, 0.3) is 0 Å². The summed E-state index contributed by atoms with van der Waals surface area (Å²) in [5.74, 6) is 0.643. The molecule has 0 bridgehead atoms. The van der Waals surface area contributed by atoms with E-state index in [2.05, 4.69) is 5.32 Å². The Kier molecular flexibility index (Phi) is 5.03. The number of anilines is 1. The lowest BCUT2D eigenvalue weighted by atomic mass is 10.1. The highest BCUT2D eigenvalue weighted by atomic mass is 16.5. The first-order valence-electron chi connectivity index (χ1n) is 8.39. The van der Waals surface area contributed by atoms with Gasteiger partial charge in [-0.25, -0.2) is 0 Å². The summed E-state index contributed by atoms with van der Waals surface area (Å²) in [7, 11) is 1.58. The molecule has 2 amide bonds. The van der Waals surface area contributed by atoms with E-state index in [9.17, 15) is 9.59 Å². The van der Waals surface area contributed by atoms with E-state index in [0.29, 0.717) is 30.0 Å². The number of aryl methyl sites for hydroxylation is 1. The zero-order chi connectivity index (χ0) is 17.8. The van der Waals surface area contributed by atoms with Gasteiger partial charge in [-0.3, -0.25) is 9.59 Å². The van der Waals surface area contributed by atoms with Crippen LogP contribution >= 0.6 is 0 Å². The summed E-state index contributed by atoms with van der Waals surface area (Å²) >= 11 is 0. The molecule has 0 unspecified atom stereocenters. The molecule has 5 nitrogen and oxygen atoms in total. The van der Waals surface area contributed by atoms with Crippen LogP contribution < -0.4 is 10.1 Å². The van der Waals surface area contributed by atoms with Crippen LogP contribution in [-0.4, -0.2) is 30.4 Å². The number of amides is 2. The quantitative estimate of drug-likeness (QED) is 0.909. The number of nitrogens with one attached hydrogen (secondary N) is 1. The van der Waals surface area contributed by atoms with Crippen LogP contribution in [0.15, 0.2) is 42.5 Å². The fourth-order valence-corrected chi connectivity index (χ4v) is 2.97. The summed E-state index contributed by atoms with van der Waals surface area (Å²) in [5, 5.41) is 2.89. The summed E-state index contributed by atoms with van der Waals surface area (Å²) in [6.07, 6.45) is 1.57. The first-order chi connectivity index (χ1) is 12.1. The van der Waals surface area contributed by atoms with Crippen LogP contribution in [0.4, 0.5) is 5.69 Å². The molecule has 1 fully saturated rings. The number of nitrogens with zero attached hydrogens (tertiary/aromatic N) is 1. The number of likely N-dealkylation sites (tertiary alicyclic amines) is 1. The normalized spacial score (nSPS) is 13.8. The van der Waals surface area contributed by atoms with E-state index in [0.717, 1.165) is 24.1 Å². The van der Waals surface area contributed by atoms with Gasteiger partial charge in [0, 0.05) is 25.1 Å². The molecule has 0 atom stereocenters. The maximum absolute atomic E-state index is 12.5. The monoisotopic (exact) mass is 338 g/mol. The molecule has 1 aliphatic heterocycles. The summed E-state index contributed by atoms with van der Waals surface area (Å²) in [5.41, 5.74) is 3.29. The zero-order valence-electron chi connectivity index (χ0n) is 14.5. The lowest BCUT2D eigenvalue weighted by Crippen LogP contribution is -2.23. The van der Waals surface area contributed by atoms with Gasteiger partial charge in [0.25, 0.3) is 5.91 Å². The van der Waals surface area contributed by atoms with Gasteiger partial charge in [0.2, 0.25) is 5.91 Å². The fraction of sp³-hybridized carbons (Fsp3) is 0.300. The van der Waals surface area contributed by atoms with Crippen molar-refractivity contribution < 1.29 is 14.3 Å². The van der Waals surface area contributed by atoms with E-state index in [1.54, 1.807) is 19.2 Å². The van der Waals surface area contributed by atoms with Crippen molar-refractivity contribution in [1.82, 2.24) is 4.90 Å². The van der Waals surface area contributed by atoms with E-state index in [4.69, 9.17) is 4.74 Å². The third kappa shape index (κ3) is 3.99. The van der Waals surface area contributed by atoms with Crippen molar-refractivity contribution in [3.05, 3.63) is 59.2 Å². The summed E-state index contributed by atoms with van der Waals surface area (Å²) in [6.45, 7) is 3.38. The second kappa shape index (κ2) is 7.38. The predicted molar refractivity (Wildman–Crippen MR) is 96.8 cm³/mol. The standard InChI is InChI=1S/C20H22N2O3/c1-14-5-10-18(25-2)17(12-14)21-20(24)16-8-6-15(7-9-16)13-22-11-3-4-19(22)23/h5-10,12H,3-4,11,13H2,1-2H3,(H,21,24). The predicted octanol–water partition coefficient (Wildman–Crippen LogP) is 3.38. The molecule has 0 aromatic heterocycles. The third-order valence-electron chi connectivity index (χ3n) is 4.36. The van der Waals surface area contributed by atoms with Gasteiger partial charge < -0.3 is 15.0 Å². The first kappa shape index (κ1) is 17.0. The average Bonchev–Trinajstić information content (AvgIpc) is 3.00. The Hall–Kier alpha value is -2.82. The SMILES string of the molecule is COc1ccc(C)cc1NC(=O)c1ccc(CN2CCCC2=O)cc1. The Morgan fingerprint density at radius 2 is 1.96 bits per heavy atom. The Morgan fingerprint density at radius 3 is 2.60 bits per heavy atom. The number of ether oxygens (including phenoxy) is 1. The van der Waals surface area contributed by atoms with E-state index in [1.807, 2.05) is 42.2 Å². The van der Waals surface area contributed by atoms with Crippen molar-refractivity contribution in [1.29, 1.82) is 0 Å². The fourth-order valence-electron chi connectivity index (χ4n) is 2.97. The minimum atomic E-state index is -0.187. The topological polar surface area (TPSA) is 58.6 Å². The number of benzene rings is 2. The van der Waals surface area contributed by atoms with Crippen molar-refractivity contribution in [3.8, 4) is 5.75 Å². The van der Waals surface area contributed by atoms with Crippen molar-refractivity contribution in [2.75, 3.05) is 19.0 Å². The molecule has 25 heavy (non-hydrogen) atoms. The number of hydrogen-bond donors (Lipinski definition) is 1. The van der Waals surface area contributed by atoms with Crippen molar-refractivity contribution in [3.63, 3.8) is 0 Å². The highest BCUT2D eigenvalue weighted by molar-refractivity contribution is 6.05.